The molecular formula is C14H15FN6O3. The Hall–Kier alpha value is -3.30. The molecule has 0 atom stereocenters. The number of carbonyl (C=O) groups is 2. The van der Waals surface area contributed by atoms with Crippen molar-refractivity contribution in [3.05, 3.63) is 35.8 Å². The number of hydrogen-bond acceptors (Lipinski definition) is 6. The van der Waals surface area contributed by atoms with Crippen LogP contribution < -0.4 is 11.1 Å². The van der Waals surface area contributed by atoms with Crippen molar-refractivity contribution in [3.63, 3.8) is 0 Å². The molecule has 0 saturated carbocycles. The van der Waals surface area contributed by atoms with E-state index in [-0.39, 0.29) is 30.9 Å². The Morgan fingerprint density at radius 1 is 1.33 bits per heavy atom. The van der Waals surface area contributed by atoms with Crippen LogP contribution in [0.4, 0.5) is 21.6 Å². The molecule has 1 aromatic carbocycles. The Morgan fingerprint density at radius 3 is 2.83 bits per heavy atom. The lowest BCUT2D eigenvalue weighted by atomic mass is 10.3. The van der Waals surface area contributed by atoms with Crippen LogP contribution in [0.25, 0.3) is 0 Å². The molecule has 0 aliphatic heterocycles. The number of anilines is 1. The topological polar surface area (TPSA) is 146 Å². The Bertz CT molecular complexity index is 774. The van der Waals surface area contributed by atoms with Crippen molar-refractivity contribution >= 4 is 29.1 Å². The molecule has 0 saturated heterocycles. The van der Waals surface area contributed by atoms with Gasteiger partial charge in [-0.1, -0.05) is 6.07 Å². The minimum Gasteiger partial charge on any atom is -0.481 e. The first-order valence-electron chi connectivity index (χ1n) is 6.94. The number of hydrogen-bond donors (Lipinski definition) is 4. The number of benzene rings is 1. The van der Waals surface area contributed by atoms with E-state index in [9.17, 15) is 14.0 Å². The summed E-state index contributed by atoms with van der Waals surface area (Å²) in [5, 5.41) is 25.2. The number of nitrogens with two attached hydrogens (primary N) is 1. The summed E-state index contributed by atoms with van der Waals surface area (Å²) in [5.41, 5.74) is 6.60. The molecule has 0 unspecified atom stereocenters. The lowest BCUT2D eigenvalue weighted by molar-refractivity contribution is -0.138. The van der Waals surface area contributed by atoms with Gasteiger partial charge in [-0.3, -0.25) is 14.7 Å². The fourth-order valence-corrected chi connectivity index (χ4v) is 1.76. The number of carboxylic acid groups (broad SMARTS) is 1. The number of rotatable bonds is 7. The van der Waals surface area contributed by atoms with Gasteiger partial charge in [0, 0.05) is 12.5 Å². The molecule has 126 valence electrons. The van der Waals surface area contributed by atoms with Crippen molar-refractivity contribution in [2.24, 2.45) is 10.2 Å². The second kappa shape index (κ2) is 7.81. The smallest absolute Gasteiger partial charge is 0.303 e. The van der Waals surface area contributed by atoms with Gasteiger partial charge in [0.25, 0.3) is 0 Å². The maximum atomic E-state index is 13.1. The quantitative estimate of drug-likeness (QED) is 0.572. The largest absolute Gasteiger partial charge is 0.481 e. The van der Waals surface area contributed by atoms with Gasteiger partial charge in [0.15, 0.2) is 11.5 Å². The minimum atomic E-state index is -1.06. The maximum absolute atomic E-state index is 13.1. The molecular weight excluding hydrogens is 319 g/mol. The SMILES string of the molecule is Nc1n[nH]c(CNC(=O)CCC(=O)O)c1N=Nc1cccc(F)c1. The summed E-state index contributed by atoms with van der Waals surface area (Å²) >= 11 is 0. The highest BCUT2D eigenvalue weighted by Gasteiger charge is 2.12. The highest BCUT2D eigenvalue weighted by molar-refractivity contribution is 5.80. The zero-order chi connectivity index (χ0) is 17.5. The summed E-state index contributed by atoms with van der Waals surface area (Å²) in [6.07, 6.45) is -0.401. The van der Waals surface area contributed by atoms with Crippen molar-refractivity contribution in [2.75, 3.05) is 5.73 Å². The van der Waals surface area contributed by atoms with Crippen molar-refractivity contribution in [1.82, 2.24) is 15.5 Å². The van der Waals surface area contributed by atoms with Crippen molar-refractivity contribution in [1.29, 1.82) is 0 Å². The highest BCUT2D eigenvalue weighted by atomic mass is 19.1. The molecule has 0 fully saturated rings. The van der Waals surface area contributed by atoms with Gasteiger partial charge in [-0.15, -0.1) is 5.11 Å². The molecule has 0 aliphatic rings. The molecule has 5 N–H and O–H groups in total. The van der Waals surface area contributed by atoms with Crippen LogP contribution in [0.1, 0.15) is 18.5 Å². The second-order valence-corrected chi connectivity index (χ2v) is 4.79. The van der Waals surface area contributed by atoms with Crippen molar-refractivity contribution in [3.8, 4) is 0 Å². The first-order valence-corrected chi connectivity index (χ1v) is 6.94. The minimum absolute atomic E-state index is 0.0279. The van der Waals surface area contributed by atoms with E-state index in [1.54, 1.807) is 6.07 Å². The number of carboxylic acids is 1. The number of amides is 1. The number of carbonyl (C=O) groups excluding carboxylic acids is 1. The van der Waals surface area contributed by atoms with Crippen LogP contribution in [-0.2, 0) is 16.1 Å². The van der Waals surface area contributed by atoms with Crippen LogP contribution in [-0.4, -0.2) is 27.2 Å². The molecule has 24 heavy (non-hydrogen) atoms. The van der Waals surface area contributed by atoms with Gasteiger partial charge >= 0.3 is 5.97 Å². The summed E-state index contributed by atoms with van der Waals surface area (Å²) in [7, 11) is 0. The molecule has 1 amide bonds. The number of H-pyrrole nitrogens is 1. The third-order valence-corrected chi connectivity index (χ3v) is 2.94. The second-order valence-electron chi connectivity index (χ2n) is 4.79. The van der Waals surface area contributed by atoms with Crippen LogP contribution in [0, 0.1) is 5.82 Å². The van der Waals surface area contributed by atoms with Crippen molar-refractivity contribution < 1.29 is 19.1 Å². The lowest BCUT2D eigenvalue weighted by Crippen LogP contribution is -2.23. The van der Waals surface area contributed by atoms with Crippen molar-refractivity contribution in [2.45, 2.75) is 19.4 Å². The van der Waals surface area contributed by atoms with Crippen LogP contribution in [0.5, 0.6) is 0 Å². The average molecular weight is 334 g/mol. The predicted molar refractivity (Wildman–Crippen MR) is 82.3 cm³/mol. The molecule has 0 spiro atoms. The molecule has 0 aliphatic carbocycles. The van der Waals surface area contributed by atoms with E-state index in [1.807, 2.05) is 0 Å². The number of nitrogens with one attached hydrogen (secondary N) is 2. The Kier molecular flexibility index (Phi) is 5.55. The molecule has 2 rings (SSSR count). The van der Waals surface area contributed by atoms with Crippen LogP contribution in [0.2, 0.25) is 0 Å². The Morgan fingerprint density at radius 2 is 2.12 bits per heavy atom. The van der Waals surface area contributed by atoms with E-state index in [4.69, 9.17) is 10.8 Å². The Labute approximate surface area is 135 Å². The summed E-state index contributed by atoms with van der Waals surface area (Å²) in [5.74, 6) is -1.86. The third kappa shape index (κ3) is 4.87. The van der Waals surface area contributed by atoms with E-state index in [0.29, 0.717) is 11.4 Å². The monoisotopic (exact) mass is 334 g/mol. The van der Waals surface area contributed by atoms with E-state index < -0.39 is 17.7 Å². The summed E-state index contributed by atoms with van der Waals surface area (Å²) in [6, 6.07) is 5.54. The molecule has 1 aromatic heterocycles. The number of halogens is 1. The first-order chi connectivity index (χ1) is 11.5. The van der Waals surface area contributed by atoms with Crippen LogP contribution in [0.15, 0.2) is 34.5 Å². The lowest BCUT2D eigenvalue weighted by Gasteiger charge is -2.03. The standard InChI is InChI=1S/C14H15FN6O3/c15-8-2-1-3-9(6-8)18-20-13-10(19-21-14(13)16)7-17-11(22)4-5-12(23)24/h1-3,6H,4-5,7H2,(H,17,22)(H,23,24)(H3,16,19,21). The van der Waals surface area contributed by atoms with E-state index in [2.05, 4.69) is 25.7 Å². The van der Waals surface area contributed by atoms with Gasteiger partial charge in [-0.2, -0.15) is 10.2 Å². The number of aromatic amines is 1. The maximum Gasteiger partial charge on any atom is 0.303 e. The number of aromatic nitrogens is 2. The molecule has 0 bridgehead atoms. The zero-order valence-electron chi connectivity index (χ0n) is 12.5. The molecule has 9 nitrogen and oxygen atoms in total. The van der Waals surface area contributed by atoms with Gasteiger partial charge in [0.1, 0.15) is 5.82 Å². The van der Waals surface area contributed by atoms with E-state index in [1.165, 1.54) is 18.2 Å². The normalized spacial score (nSPS) is 10.9. The molecule has 10 heteroatoms. The first kappa shape index (κ1) is 17.1. The fourth-order valence-electron chi connectivity index (χ4n) is 1.76. The summed E-state index contributed by atoms with van der Waals surface area (Å²) in [6.45, 7) is 0.0279. The van der Waals surface area contributed by atoms with E-state index >= 15 is 0 Å². The average Bonchev–Trinajstić information content (AvgIpc) is 2.89. The molecule has 0 radical (unpaired) electrons. The zero-order valence-corrected chi connectivity index (χ0v) is 12.5. The number of nitrogen functional groups attached to an aromatic ring is 1. The third-order valence-electron chi connectivity index (χ3n) is 2.94. The number of azo groups is 1. The fraction of sp³-hybridized carbons (Fsp3) is 0.214. The number of nitrogens with zero attached hydrogens (tertiary/aromatic N) is 3. The number of aliphatic carboxylic acids is 1. The summed E-state index contributed by atoms with van der Waals surface area (Å²) in [4.78, 5) is 21.9. The molecule has 2 aromatic rings. The van der Waals surface area contributed by atoms with Gasteiger partial charge in [-0.05, 0) is 12.1 Å². The predicted octanol–water partition coefficient (Wildman–Crippen LogP) is 2.03. The van der Waals surface area contributed by atoms with Crippen LogP contribution in [0.3, 0.4) is 0 Å². The Balaban J connectivity index is 2.03. The van der Waals surface area contributed by atoms with Gasteiger partial charge in [0.05, 0.1) is 24.3 Å². The summed E-state index contributed by atoms with van der Waals surface area (Å²) < 4.78 is 13.1. The highest BCUT2D eigenvalue weighted by Crippen LogP contribution is 2.26. The van der Waals surface area contributed by atoms with Gasteiger partial charge in [0.2, 0.25) is 5.91 Å². The van der Waals surface area contributed by atoms with E-state index in [0.717, 1.165) is 0 Å². The van der Waals surface area contributed by atoms with Gasteiger partial charge in [-0.25, -0.2) is 4.39 Å². The van der Waals surface area contributed by atoms with Gasteiger partial charge < -0.3 is 16.2 Å². The van der Waals surface area contributed by atoms with Crippen LogP contribution >= 0.6 is 0 Å². The molecule has 1 heterocycles.